The normalized spacial score (nSPS) is 2.83. The first kappa shape index (κ1) is 24.4. The largest absolute Gasteiger partial charge is 0.211 e. The third-order valence-electron chi connectivity index (χ3n) is 0. The summed E-state index contributed by atoms with van der Waals surface area (Å²) in [5.74, 6) is 0. The zero-order valence-electron chi connectivity index (χ0n) is 3.52. The summed E-state index contributed by atoms with van der Waals surface area (Å²) in [7, 11) is 0. The van der Waals surface area contributed by atoms with Gasteiger partial charge in [-0.25, -0.2) is 0 Å². The molecule has 4 heteroatoms. The van der Waals surface area contributed by atoms with Gasteiger partial charge in [-0.2, -0.15) is 0 Å². The molecule has 0 aromatic heterocycles. The number of hydrogen-bond acceptors (Lipinski definition) is 0. The minimum atomic E-state index is 0. The minimum absolute atomic E-state index is 0. The molecule has 0 unspecified atom stereocenters. The Morgan fingerprint density at radius 3 is 1.33 bits per heavy atom. The fraction of sp³-hybridized carbons (Fsp3) is 1.00. The first-order valence-corrected chi connectivity index (χ1v) is 2.83. The molecule has 40 valence electrons. The highest BCUT2D eigenvalue weighted by atomic mass is 79.9. The quantitative estimate of drug-likeness (QED) is 0.532. The molecule has 0 fully saturated rings. The van der Waals surface area contributed by atoms with Crippen LogP contribution in [0.3, 0.4) is 0 Å². The summed E-state index contributed by atoms with van der Waals surface area (Å²) in [6, 6.07) is 0. The van der Waals surface area contributed by atoms with Gasteiger partial charge in [-0.15, -0.1) is 39.2 Å². The molecular formula is C2H12Al2Br2. The molecule has 0 aromatic rings. The average Bonchev–Trinajstić information content (AvgIpc) is 0.918. The van der Waals surface area contributed by atoms with E-state index < -0.39 is 0 Å². The molecule has 0 rings (SSSR count). The molecule has 0 amide bonds. The first-order valence-electron chi connectivity index (χ1n) is 1.41. The van der Waals surface area contributed by atoms with Gasteiger partial charge in [0.05, 0.1) is 0 Å². The molecule has 0 aromatic carbocycles. The molecular weight excluding hydrogens is 238 g/mol. The van der Waals surface area contributed by atoms with E-state index in [9.17, 15) is 0 Å². The van der Waals surface area contributed by atoms with E-state index in [1.807, 2.05) is 0 Å². The Bertz CT molecular complexity index is 9.51. The van der Waals surface area contributed by atoms with Crippen molar-refractivity contribution in [2.24, 2.45) is 0 Å². The number of rotatable bonds is 0. The fourth-order valence-corrected chi connectivity index (χ4v) is 0. The van der Waals surface area contributed by atoms with E-state index in [0.29, 0.717) is 0 Å². The highest BCUT2D eigenvalue weighted by Gasteiger charge is 1.41. The van der Waals surface area contributed by atoms with Gasteiger partial charge in [0.15, 0.2) is 17.4 Å². The fourth-order valence-electron chi connectivity index (χ4n) is 0. The zero-order valence-corrected chi connectivity index (χ0v) is 8.95. The summed E-state index contributed by atoms with van der Waals surface area (Å²) in [6.07, 6.45) is 0. The van der Waals surface area contributed by atoms with Gasteiger partial charge in [-0.1, -0.05) is 6.92 Å². The molecule has 0 saturated heterocycles. The Morgan fingerprint density at radius 1 is 1.33 bits per heavy atom. The van der Waals surface area contributed by atoms with Crippen LogP contribution in [0.2, 0.25) is 5.28 Å². The molecule has 0 aliphatic heterocycles. The van der Waals surface area contributed by atoms with Crippen molar-refractivity contribution < 1.29 is 0 Å². The maximum atomic E-state index is 2.19. The van der Waals surface area contributed by atoms with Gasteiger partial charge in [0.25, 0.3) is 0 Å². The lowest BCUT2D eigenvalue weighted by Gasteiger charge is -1.44. The molecule has 0 saturated carbocycles. The summed E-state index contributed by atoms with van der Waals surface area (Å²) in [4.78, 5) is 0. The van der Waals surface area contributed by atoms with Gasteiger partial charge in [-0.3, -0.25) is 0 Å². The summed E-state index contributed by atoms with van der Waals surface area (Å²) in [5, 5.41) is 1.39. The lowest BCUT2D eigenvalue weighted by atomic mass is 11.0. The maximum absolute atomic E-state index is 2.19. The van der Waals surface area contributed by atoms with Crippen LogP contribution in [0.15, 0.2) is 0 Å². The molecule has 0 nitrogen and oxygen atoms in total. The van der Waals surface area contributed by atoms with Crippen molar-refractivity contribution in [3.63, 3.8) is 0 Å². The maximum Gasteiger partial charge on any atom is 0.211 e. The Kier molecular flexibility index (Phi) is 114. The van der Waals surface area contributed by atoms with Gasteiger partial charge in [-0.05, 0) is 0 Å². The van der Waals surface area contributed by atoms with Crippen LogP contribution in [-0.2, 0) is 0 Å². The van der Waals surface area contributed by atoms with Crippen LogP contribution >= 0.6 is 34.0 Å². The SMILES string of the molecule is Br.Br.C[CH2][AlH2].[AlH3]. The van der Waals surface area contributed by atoms with E-state index in [2.05, 4.69) is 6.92 Å². The lowest BCUT2D eigenvalue weighted by molar-refractivity contribution is 1.48. The molecule has 0 aliphatic rings. The van der Waals surface area contributed by atoms with Gasteiger partial charge in [0.2, 0.25) is 16.3 Å². The smallest absolute Gasteiger partial charge is 0.114 e. The Morgan fingerprint density at radius 2 is 1.33 bits per heavy atom. The summed E-state index contributed by atoms with van der Waals surface area (Å²) in [5.41, 5.74) is 0. The van der Waals surface area contributed by atoms with Crippen molar-refractivity contribution in [1.82, 2.24) is 0 Å². The Balaban J connectivity index is -0.00000000667. The van der Waals surface area contributed by atoms with E-state index in [1.54, 1.807) is 0 Å². The van der Waals surface area contributed by atoms with Crippen molar-refractivity contribution in [1.29, 1.82) is 0 Å². The summed E-state index contributed by atoms with van der Waals surface area (Å²) >= 11 is 1.37. The van der Waals surface area contributed by atoms with Crippen LogP contribution in [0.5, 0.6) is 0 Å². The van der Waals surface area contributed by atoms with E-state index in [1.165, 1.54) is 21.6 Å². The van der Waals surface area contributed by atoms with E-state index in [0.717, 1.165) is 0 Å². The number of hydrogen-bond donors (Lipinski definition) is 0. The molecule has 0 aliphatic carbocycles. The van der Waals surface area contributed by atoms with Crippen LogP contribution in [0, 0.1) is 0 Å². The second kappa shape index (κ2) is 27.9. The van der Waals surface area contributed by atoms with E-state index in [4.69, 9.17) is 0 Å². The van der Waals surface area contributed by atoms with Gasteiger partial charge >= 0.3 is 0 Å². The van der Waals surface area contributed by atoms with E-state index in [-0.39, 0.29) is 51.3 Å². The standard InChI is InChI=1S/C2H5.2Al.2BrH.5H/c1-2;;;;;;;;;/h1H2,2H3;;;2*1H;;;;;. The molecule has 0 heterocycles. The lowest BCUT2D eigenvalue weighted by Crippen LogP contribution is -1.41. The summed E-state index contributed by atoms with van der Waals surface area (Å²) in [6.45, 7) is 2.19. The van der Waals surface area contributed by atoms with Gasteiger partial charge in [0.1, 0.15) is 0 Å². The molecule has 0 atom stereocenters. The highest BCUT2D eigenvalue weighted by molar-refractivity contribution is 8.93. The minimum Gasteiger partial charge on any atom is -0.114 e. The Hall–Kier alpha value is 2.02. The third kappa shape index (κ3) is 37.1. The van der Waals surface area contributed by atoms with Crippen molar-refractivity contribution in [2.45, 2.75) is 12.2 Å². The van der Waals surface area contributed by atoms with Crippen molar-refractivity contribution in [3.8, 4) is 0 Å². The predicted molar refractivity (Wildman–Crippen MR) is 49.6 cm³/mol. The van der Waals surface area contributed by atoms with Crippen LogP contribution < -0.4 is 0 Å². The molecule has 0 bridgehead atoms. The van der Waals surface area contributed by atoms with E-state index >= 15 is 0 Å². The highest BCUT2D eigenvalue weighted by Crippen LogP contribution is 1.49. The zero-order chi connectivity index (χ0) is 2.71. The van der Waals surface area contributed by atoms with Crippen LogP contribution in [0.1, 0.15) is 6.92 Å². The van der Waals surface area contributed by atoms with Crippen molar-refractivity contribution >= 4 is 67.6 Å². The second-order valence-corrected chi connectivity index (χ2v) is 2.12. The number of halogens is 2. The first-order chi connectivity index (χ1) is 1.41. The van der Waals surface area contributed by atoms with Crippen LogP contribution in [0.25, 0.3) is 0 Å². The van der Waals surface area contributed by atoms with Gasteiger partial charge in [0, 0.05) is 0 Å². The molecule has 0 spiro atoms. The van der Waals surface area contributed by atoms with Crippen LogP contribution in [0.4, 0.5) is 0 Å². The van der Waals surface area contributed by atoms with Crippen LogP contribution in [-0.4, -0.2) is 33.7 Å². The Labute approximate surface area is 79.2 Å². The topological polar surface area (TPSA) is 0 Å². The average molecular weight is 250 g/mol. The third-order valence-corrected chi connectivity index (χ3v) is 0. The van der Waals surface area contributed by atoms with Gasteiger partial charge < -0.3 is 0 Å². The predicted octanol–water partition coefficient (Wildman–Crippen LogP) is 0.0296. The van der Waals surface area contributed by atoms with Crippen molar-refractivity contribution in [2.75, 3.05) is 0 Å². The monoisotopic (exact) mass is 248 g/mol. The summed E-state index contributed by atoms with van der Waals surface area (Å²) < 4.78 is 0. The molecule has 0 radical (unpaired) electrons. The molecule has 6 heavy (non-hydrogen) atoms. The second-order valence-electron chi connectivity index (χ2n) is 0.707. The van der Waals surface area contributed by atoms with Crippen molar-refractivity contribution in [3.05, 3.63) is 0 Å². The molecule has 0 N–H and O–H groups in total.